The van der Waals surface area contributed by atoms with Crippen molar-refractivity contribution in [2.24, 2.45) is 4.99 Å². The van der Waals surface area contributed by atoms with Crippen molar-refractivity contribution in [1.82, 2.24) is 9.97 Å². The van der Waals surface area contributed by atoms with E-state index in [0.29, 0.717) is 0 Å². The van der Waals surface area contributed by atoms with Crippen molar-refractivity contribution in [2.75, 3.05) is 0 Å². The molecule has 0 unspecified atom stereocenters. The van der Waals surface area contributed by atoms with Crippen LogP contribution in [0.1, 0.15) is 23.6 Å². The van der Waals surface area contributed by atoms with Crippen molar-refractivity contribution in [3.05, 3.63) is 193 Å². The number of benzene rings is 7. The van der Waals surface area contributed by atoms with E-state index in [1.165, 1.54) is 31.3 Å². The quantitative estimate of drug-likeness (QED) is 0.114. The Labute approximate surface area is 337 Å². The van der Waals surface area contributed by atoms with Gasteiger partial charge >= 0.3 is 0 Å². The Morgan fingerprint density at radius 1 is 0.518 bits per heavy atom. The Kier molecular flexibility index (Phi) is 8.79. The first-order valence-electron chi connectivity index (χ1n) is 18.4. The molecule has 0 saturated heterocycles. The molecule has 0 aliphatic heterocycles. The van der Waals surface area contributed by atoms with Gasteiger partial charge in [-0.1, -0.05) is 110 Å². The smallest absolute Gasteiger partial charge is 0.124 e. The Morgan fingerprint density at radius 2 is 1.12 bits per heavy atom. The first-order valence-corrected chi connectivity index (χ1v) is 20.9. The minimum absolute atomic E-state index is 0.858. The van der Waals surface area contributed by atoms with Gasteiger partial charge in [0, 0.05) is 42.6 Å². The molecule has 0 bridgehead atoms. The van der Waals surface area contributed by atoms with Gasteiger partial charge in [0.2, 0.25) is 0 Å². The van der Waals surface area contributed by atoms with Crippen molar-refractivity contribution < 1.29 is 0 Å². The zero-order valence-corrected chi connectivity index (χ0v) is 32.9. The number of aliphatic imine (C=N–C) groups is 1. The van der Waals surface area contributed by atoms with Gasteiger partial charge in [-0.25, -0.2) is 9.97 Å². The van der Waals surface area contributed by atoms with Gasteiger partial charge in [-0.15, -0.1) is 34.0 Å². The van der Waals surface area contributed by atoms with Crippen LogP contribution in [0, 0.1) is 0 Å². The Morgan fingerprint density at radius 3 is 1.79 bits per heavy atom. The lowest BCUT2D eigenvalue weighted by Gasteiger charge is -2.12. The van der Waals surface area contributed by atoms with Crippen molar-refractivity contribution >= 4 is 91.6 Å². The normalized spacial score (nSPS) is 12.3. The highest BCUT2D eigenvalue weighted by Crippen LogP contribution is 2.42. The minimum Gasteiger partial charge on any atom is -0.252 e. The van der Waals surface area contributed by atoms with Crippen LogP contribution in [0.25, 0.3) is 84.1 Å². The predicted octanol–water partition coefficient (Wildman–Crippen LogP) is 14.8. The second kappa shape index (κ2) is 14.4. The lowest BCUT2D eigenvalue weighted by atomic mass is 9.96. The molecule has 7 aromatic carbocycles. The molecule has 0 spiro atoms. The second-order valence-electron chi connectivity index (χ2n) is 13.7. The Balaban J connectivity index is 1.17. The van der Waals surface area contributed by atoms with Crippen LogP contribution in [0.3, 0.4) is 0 Å². The molecule has 3 aromatic heterocycles. The van der Waals surface area contributed by atoms with Gasteiger partial charge in [0.1, 0.15) is 10.0 Å². The second-order valence-corrected chi connectivity index (χ2v) is 16.9. The number of aromatic nitrogens is 2. The molecule has 0 N–H and O–H groups in total. The lowest BCUT2D eigenvalue weighted by Crippen LogP contribution is -1.96. The molecule has 0 saturated carbocycles. The van der Waals surface area contributed by atoms with Crippen LogP contribution in [0.2, 0.25) is 0 Å². The molecular formula is C50H33N3S3. The monoisotopic (exact) mass is 771 g/mol. The average Bonchev–Trinajstić information content (AvgIpc) is 3.99. The van der Waals surface area contributed by atoms with Gasteiger partial charge in [-0.05, 0) is 101 Å². The van der Waals surface area contributed by atoms with Crippen LogP contribution in [-0.2, 0) is 0 Å². The van der Waals surface area contributed by atoms with Gasteiger partial charge in [-0.3, -0.25) is 4.99 Å². The first-order chi connectivity index (χ1) is 27.5. The maximum Gasteiger partial charge on any atom is 0.124 e. The summed E-state index contributed by atoms with van der Waals surface area (Å²) >= 11 is 5.23. The molecule has 266 valence electrons. The number of hydrogen-bond acceptors (Lipinski definition) is 6. The SMILES string of the molecule is C=C(/C=C(\N=C(C)c1ccccc1)c1cccc2sc3ccc(-c4ccccc4)cc3c12)c1cc(-c2nc3ccccc3s2)cc(-c2nc3ccccc3s2)c1. The number of nitrogens with zero attached hydrogens (tertiary/aromatic N) is 3. The van der Waals surface area contributed by atoms with E-state index in [2.05, 4.69) is 159 Å². The molecule has 10 rings (SSSR count). The molecule has 10 aromatic rings. The van der Waals surface area contributed by atoms with E-state index in [1.807, 2.05) is 29.5 Å². The molecule has 0 aliphatic rings. The highest BCUT2D eigenvalue weighted by Gasteiger charge is 2.17. The van der Waals surface area contributed by atoms with E-state index in [0.717, 1.165) is 75.2 Å². The summed E-state index contributed by atoms with van der Waals surface area (Å²) in [6.45, 7) is 6.82. The highest BCUT2D eigenvalue weighted by atomic mass is 32.1. The summed E-state index contributed by atoms with van der Waals surface area (Å²) in [7, 11) is 0. The molecule has 0 fully saturated rings. The van der Waals surface area contributed by atoms with Crippen molar-refractivity contribution in [3.8, 4) is 32.3 Å². The Bertz CT molecular complexity index is 3010. The van der Waals surface area contributed by atoms with E-state index < -0.39 is 0 Å². The summed E-state index contributed by atoms with van der Waals surface area (Å²) in [5.41, 5.74) is 12.3. The molecule has 56 heavy (non-hydrogen) atoms. The fourth-order valence-electron chi connectivity index (χ4n) is 7.24. The van der Waals surface area contributed by atoms with E-state index >= 15 is 0 Å². The number of hydrogen-bond donors (Lipinski definition) is 0. The number of thiazole rings is 2. The van der Waals surface area contributed by atoms with Gasteiger partial charge < -0.3 is 0 Å². The van der Waals surface area contributed by atoms with Crippen LogP contribution in [-0.4, -0.2) is 15.7 Å². The molecule has 3 nitrogen and oxygen atoms in total. The number of rotatable bonds is 8. The molecule has 6 heteroatoms. The average molecular weight is 772 g/mol. The number of fused-ring (bicyclic) bond motifs is 5. The van der Waals surface area contributed by atoms with Crippen molar-refractivity contribution in [1.29, 1.82) is 0 Å². The van der Waals surface area contributed by atoms with E-state index in [1.54, 1.807) is 22.7 Å². The van der Waals surface area contributed by atoms with Crippen molar-refractivity contribution in [3.63, 3.8) is 0 Å². The van der Waals surface area contributed by atoms with Crippen LogP contribution in [0.5, 0.6) is 0 Å². The van der Waals surface area contributed by atoms with Crippen LogP contribution in [0.4, 0.5) is 0 Å². The van der Waals surface area contributed by atoms with E-state index in [9.17, 15) is 0 Å². The summed E-state index contributed by atoms with van der Waals surface area (Å²) in [6.07, 6.45) is 2.16. The van der Waals surface area contributed by atoms with Gasteiger partial charge in [0.25, 0.3) is 0 Å². The maximum absolute atomic E-state index is 5.42. The maximum atomic E-state index is 5.42. The minimum atomic E-state index is 0.858. The van der Waals surface area contributed by atoms with E-state index in [4.69, 9.17) is 21.5 Å². The fraction of sp³-hybridized carbons (Fsp3) is 0.0200. The summed E-state index contributed by atoms with van der Waals surface area (Å²) in [6, 6.07) is 57.7. The van der Waals surface area contributed by atoms with Crippen LogP contribution in [0.15, 0.2) is 181 Å². The lowest BCUT2D eigenvalue weighted by molar-refractivity contribution is 1.44. The van der Waals surface area contributed by atoms with Gasteiger partial charge in [-0.2, -0.15) is 0 Å². The molecule has 0 atom stereocenters. The summed E-state index contributed by atoms with van der Waals surface area (Å²) < 4.78 is 4.79. The first kappa shape index (κ1) is 34.2. The molecule has 3 heterocycles. The number of thiophene rings is 1. The molecule has 0 aliphatic carbocycles. The molecular weight excluding hydrogens is 739 g/mol. The summed E-state index contributed by atoms with van der Waals surface area (Å²) in [5.74, 6) is 0. The highest BCUT2D eigenvalue weighted by molar-refractivity contribution is 7.26. The zero-order valence-electron chi connectivity index (χ0n) is 30.4. The number of para-hydroxylation sites is 2. The van der Waals surface area contributed by atoms with Gasteiger partial charge in [0.05, 0.1) is 26.1 Å². The molecule has 0 radical (unpaired) electrons. The third-order valence-corrected chi connectivity index (χ3v) is 13.4. The predicted molar refractivity (Wildman–Crippen MR) is 244 cm³/mol. The molecule has 0 amide bonds. The summed E-state index contributed by atoms with van der Waals surface area (Å²) in [5, 5.41) is 4.36. The third kappa shape index (κ3) is 6.48. The fourth-order valence-corrected chi connectivity index (χ4v) is 10.3. The standard InChI is InChI=1S/C50H33N3S3/c1-31(36-27-37(49-52-41-19-9-11-21-45(41)55-49)29-38(28-36)50-53-42-20-10-12-22-46(42)56-50)26-43(51-32(2)33-14-5-3-6-15-33)39-18-13-23-47-48(39)40-30-35(24-25-44(40)54-47)34-16-7-4-8-17-34/h3-30H,1H2,2H3/b43-26-,51-32?. The van der Waals surface area contributed by atoms with Crippen molar-refractivity contribution in [2.45, 2.75) is 6.92 Å². The third-order valence-electron chi connectivity index (χ3n) is 10.1. The topological polar surface area (TPSA) is 38.1 Å². The van der Waals surface area contributed by atoms with Crippen LogP contribution >= 0.6 is 34.0 Å². The van der Waals surface area contributed by atoms with E-state index in [-0.39, 0.29) is 0 Å². The van der Waals surface area contributed by atoms with Crippen LogP contribution < -0.4 is 0 Å². The zero-order chi connectivity index (χ0) is 37.6. The largest absolute Gasteiger partial charge is 0.252 e. The summed E-state index contributed by atoms with van der Waals surface area (Å²) in [4.78, 5) is 15.5. The van der Waals surface area contributed by atoms with Gasteiger partial charge in [0.15, 0.2) is 0 Å². The Hall–Kier alpha value is -6.31. The number of allylic oxidation sites excluding steroid dienone is 2.